The van der Waals surface area contributed by atoms with Crippen LogP contribution in [-0.4, -0.2) is 31.7 Å². The number of hydrazone groups is 1. The van der Waals surface area contributed by atoms with E-state index in [-0.39, 0.29) is 22.8 Å². The number of amides is 1. The van der Waals surface area contributed by atoms with Crippen LogP contribution < -0.4 is 5.43 Å². The van der Waals surface area contributed by atoms with E-state index in [0.717, 1.165) is 4.68 Å². The third-order valence-electron chi connectivity index (χ3n) is 3.07. The number of nitrogens with one attached hydrogen (secondary N) is 1. The van der Waals surface area contributed by atoms with E-state index in [1.165, 1.54) is 44.5 Å². The van der Waals surface area contributed by atoms with Gasteiger partial charge in [-0.15, -0.1) is 0 Å². The number of hydrogen-bond donors (Lipinski definition) is 1. The quantitative estimate of drug-likeness (QED) is 0.496. The summed E-state index contributed by atoms with van der Waals surface area (Å²) in [6.45, 7) is 1.43. The van der Waals surface area contributed by atoms with Crippen LogP contribution in [0.15, 0.2) is 29.4 Å². The number of aryl methyl sites for hydroxylation is 2. The molecule has 11 heteroatoms. The van der Waals surface area contributed by atoms with Gasteiger partial charge in [-0.25, -0.2) is 5.43 Å². The Balaban J connectivity index is 2.13. The molecule has 0 spiro atoms. The molecular formula is C13H12N6O5. The second-order valence-corrected chi connectivity index (χ2v) is 4.71. The largest absolute Gasteiger partial charge is 0.322 e. The van der Waals surface area contributed by atoms with Crippen LogP contribution >= 0.6 is 0 Å². The Labute approximate surface area is 134 Å². The Kier molecular flexibility index (Phi) is 4.63. The van der Waals surface area contributed by atoms with E-state index in [4.69, 9.17) is 0 Å². The number of rotatable bonds is 5. The normalized spacial score (nSPS) is 10.8. The molecule has 11 nitrogen and oxygen atoms in total. The Morgan fingerprint density at radius 3 is 2.42 bits per heavy atom. The molecule has 1 N–H and O–H groups in total. The minimum atomic E-state index is -0.789. The highest BCUT2D eigenvalue weighted by Crippen LogP contribution is 2.21. The summed E-state index contributed by atoms with van der Waals surface area (Å²) < 4.78 is 1.10. The van der Waals surface area contributed by atoms with E-state index in [1.54, 1.807) is 0 Å². The SMILES string of the molecule is Cc1nn(C)c(C(=O)NN=Cc2ccc([N+](=O)[O-])cc2)c1[N+](=O)[O-]. The first-order valence-electron chi connectivity index (χ1n) is 6.57. The molecule has 0 saturated carbocycles. The van der Waals surface area contributed by atoms with Gasteiger partial charge in [0.1, 0.15) is 5.69 Å². The molecule has 1 aromatic carbocycles. The van der Waals surface area contributed by atoms with Gasteiger partial charge in [-0.3, -0.25) is 29.7 Å². The summed E-state index contributed by atoms with van der Waals surface area (Å²) in [6.07, 6.45) is 1.26. The van der Waals surface area contributed by atoms with Gasteiger partial charge in [0.25, 0.3) is 11.6 Å². The number of aromatic nitrogens is 2. The summed E-state index contributed by atoms with van der Waals surface area (Å²) in [5.41, 5.74) is 2.11. The number of nitro benzene ring substituents is 1. The second kappa shape index (κ2) is 6.64. The van der Waals surface area contributed by atoms with E-state index < -0.39 is 15.8 Å². The maximum Gasteiger partial charge on any atom is 0.322 e. The van der Waals surface area contributed by atoms with E-state index in [1.807, 2.05) is 0 Å². The van der Waals surface area contributed by atoms with E-state index in [2.05, 4.69) is 15.6 Å². The molecule has 1 amide bonds. The molecule has 2 aromatic rings. The van der Waals surface area contributed by atoms with Crippen LogP contribution in [0.4, 0.5) is 11.4 Å². The summed E-state index contributed by atoms with van der Waals surface area (Å²) in [5, 5.41) is 29.1. The Morgan fingerprint density at radius 1 is 1.25 bits per heavy atom. The number of carbonyl (C=O) groups is 1. The molecule has 0 fully saturated rings. The molecular weight excluding hydrogens is 320 g/mol. The highest BCUT2D eigenvalue weighted by Gasteiger charge is 2.29. The van der Waals surface area contributed by atoms with Gasteiger partial charge in [0.2, 0.25) is 5.69 Å². The Morgan fingerprint density at radius 2 is 1.88 bits per heavy atom. The van der Waals surface area contributed by atoms with Gasteiger partial charge in [0.05, 0.1) is 16.1 Å². The van der Waals surface area contributed by atoms with Gasteiger partial charge < -0.3 is 0 Å². The molecule has 24 heavy (non-hydrogen) atoms. The number of non-ortho nitro benzene ring substituents is 1. The van der Waals surface area contributed by atoms with Crippen molar-refractivity contribution in [1.82, 2.24) is 15.2 Å². The number of carbonyl (C=O) groups excluding carboxylic acids is 1. The lowest BCUT2D eigenvalue weighted by Crippen LogP contribution is -2.22. The number of hydrogen-bond acceptors (Lipinski definition) is 7. The van der Waals surface area contributed by atoms with Gasteiger partial charge in [-0.2, -0.15) is 10.2 Å². The molecule has 1 aromatic heterocycles. The predicted octanol–water partition coefficient (Wildman–Crippen LogP) is 1.31. The van der Waals surface area contributed by atoms with Crippen molar-refractivity contribution in [3.8, 4) is 0 Å². The lowest BCUT2D eigenvalue weighted by molar-refractivity contribution is -0.385. The summed E-state index contributed by atoms with van der Waals surface area (Å²) >= 11 is 0. The predicted molar refractivity (Wildman–Crippen MR) is 82.8 cm³/mol. The fourth-order valence-corrected chi connectivity index (χ4v) is 2.02. The number of benzene rings is 1. The van der Waals surface area contributed by atoms with Gasteiger partial charge in [0, 0.05) is 19.2 Å². The molecule has 0 unspecified atom stereocenters. The molecule has 0 aliphatic heterocycles. The van der Waals surface area contributed by atoms with Crippen molar-refractivity contribution in [2.24, 2.45) is 12.1 Å². The molecule has 0 aliphatic rings. The number of nitro groups is 2. The fourth-order valence-electron chi connectivity index (χ4n) is 2.02. The standard InChI is InChI=1S/C13H12N6O5/c1-8-11(19(23)24)12(17(2)16-8)13(20)15-14-7-9-3-5-10(6-4-9)18(21)22/h3-7H,1-2H3,(H,15,20). The molecule has 124 valence electrons. The zero-order valence-corrected chi connectivity index (χ0v) is 12.7. The second-order valence-electron chi connectivity index (χ2n) is 4.71. The van der Waals surface area contributed by atoms with Crippen molar-refractivity contribution in [3.63, 3.8) is 0 Å². The zero-order valence-electron chi connectivity index (χ0n) is 12.7. The van der Waals surface area contributed by atoms with Crippen molar-refractivity contribution in [2.45, 2.75) is 6.92 Å². The Bertz CT molecular complexity index is 839. The highest BCUT2D eigenvalue weighted by molar-refractivity contribution is 5.97. The molecule has 0 bridgehead atoms. The smallest absolute Gasteiger partial charge is 0.265 e. The summed E-state index contributed by atoms with van der Waals surface area (Å²) in [4.78, 5) is 32.4. The molecule has 0 radical (unpaired) electrons. The molecule has 0 atom stereocenters. The van der Waals surface area contributed by atoms with Crippen molar-refractivity contribution >= 4 is 23.5 Å². The maximum absolute atomic E-state index is 12.1. The molecule has 0 saturated heterocycles. The van der Waals surface area contributed by atoms with E-state index in [9.17, 15) is 25.0 Å². The average molecular weight is 332 g/mol. The topological polar surface area (TPSA) is 146 Å². The zero-order chi connectivity index (χ0) is 17.9. The minimum Gasteiger partial charge on any atom is -0.265 e. The van der Waals surface area contributed by atoms with Crippen molar-refractivity contribution in [1.29, 1.82) is 0 Å². The molecule has 0 aliphatic carbocycles. The summed E-state index contributed by atoms with van der Waals surface area (Å²) in [6, 6.07) is 5.48. The first-order chi connectivity index (χ1) is 11.3. The van der Waals surface area contributed by atoms with Crippen LogP contribution in [0.25, 0.3) is 0 Å². The van der Waals surface area contributed by atoms with Crippen LogP contribution in [-0.2, 0) is 7.05 Å². The summed E-state index contributed by atoms with van der Waals surface area (Å²) in [5.74, 6) is -0.789. The van der Waals surface area contributed by atoms with E-state index >= 15 is 0 Å². The van der Waals surface area contributed by atoms with Crippen LogP contribution in [0.1, 0.15) is 21.7 Å². The lowest BCUT2D eigenvalue weighted by atomic mass is 10.2. The van der Waals surface area contributed by atoms with Crippen molar-refractivity contribution < 1.29 is 14.6 Å². The first-order valence-corrected chi connectivity index (χ1v) is 6.57. The minimum absolute atomic E-state index is 0.0721. The van der Waals surface area contributed by atoms with Gasteiger partial charge in [-0.05, 0) is 24.6 Å². The van der Waals surface area contributed by atoms with Gasteiger partial charge in [-0.1, -0.05) is 0 Å². The highest BCUT2D eigenvalue weighted by atomic mass is 16.6. The fraction of sp³-hybridized carbons (Fsp3) is 0.154. The van der Waals surface area contributed by atoms with Crippen LogP contribution in [0.3, 0.4) is 0 Å². The van der Waals surface area contributed by atoms with Crippen molar-refractivity contribution in [2.75, 3.05) is 0 Å². The van der Waals surface area contributed by atoms with Gasteiger partial charge >= 0.3 is 5.69 Å². The maximum atomic E-state index is 12.1. The van der Waals surface area contributed by atoms with Crippen LogP contribution in [0.5, 0.6) is 0 Å². The first kappa shape index (κ1) is 16.7. The third-order valence-corrected chi connectivity index (χ3v) is 3.07. The van der Waals surface area contributed by atoms with Gasteiger partial charge in [0.15, 0.2) is 0 Å². The monoisotopic (exact) mass is 332 g/mol. The van der Waals surface area contributed by atoms with Crippen LogP contribution in [0, 0.1) is 27.2 Å². The van der Waals surface area contributed by atoms with Crippen molar-refractivity contribution in [3.05, 3.63) is 61.4 Å². The number of nitrogens with zero attached hydrogens (tertiary/aromatic N) is 5. The van der Waals surface area contributed by atoms with Crippen LogP contribution in [0.2, 0.25) is 0 Å². The molecule has 2 rings (SSSR count). The van der Waals surface area contributed by atoms with E-state index in [0.29, 0.717) is 5.56 Å². The average Bonchev–Trinajstić information content (AvgIpc) is 2.82. The summed E-state index contributed by atoms with van der Waals surface area (Å²) in [7, 11) is 1.41. The Hall–Kier alpha value is -3.63. The lowest BCUT2D eigenvalue weighted by Gasteiger charge is -2.00. The third kappa shape index (κ3) is 3.40. The molecule has 1 heterocycles.